The molecule has 1 aromatic carbocycles. The van der Waals surface area contributed by atoms with E-state index in [4.69, 9.17) is 4.74 Å². The maximum absolute atomic E-state index is 12.2. The second-order valence-corrected chi connectivity index (χ2v) is 5.43. The van der Waals surface area contributed by atoms with Gasteiger partial charge in [0.25, 0.3) is 5.91 Å². The molecule has 0 bridgehead atoms. The summed E-state index contributed by atoms with van der Waals surface area (Å²) in [4.78, 5) is 12.2. The van der Waals surface area contributed by atoms with Gasteiger partial charge < -0.3 is 15.2 Å². The minimum Gasteiger partial charge on any atom is -0.396 e. The van der Waals surface area contributed by atoms with Crippen LogP contribution in [-0.2, 0) is 18.0 Å². The largest absolute Gasteiger partial charge is 0.396 e. The second kappa shape index (κ2) is 5.31. The van der Waals surface area contributed by atoms with Crippen LogP contribution in [0.1, 0.15) is 40.7 Å². The van der Waals surface area contributed by atoms with Crippen LogP contribution >= 0.6 is 0 Å². The van der Waals surface area contributed by atoms with Crippen LogP contribution in [0.25, 0.3) is 0 Å². The smallest absolute Gasteiger partial charge is 0.251 e. The number of carbonyl (C=O) groups excluding carboxylic acids is 1. The Bertz CT molecular complexity index is 486. The van der Waals surface area contributed by atoms with Crippen molar-refractivity contribution in [3.8, 4) is 0 Å². The number of hydrogen-bond donors (Lipinski definition) is 2. The van der Waals surface area contributed by atoms with Gasteiger partial charge in [0.15, 0.2) is 0 Å². The molecule has 0 saturated heterocycles. The predicted octanol–water partition coefficient (Wildman–Crippen LogP) is 1.61. The summed E-state index contributed by atoms with van der Waals surface area (Å²) in [6, 6.07) is 5.85. The lowest BCUT2D eigenvalue weighted by molar-refractivity contribution is 0.0916. The van der Waals surface area contributed by atoms with Crippen molar-refractivity contribution in [3.05, 3.63) is 34.9 Å². The monoisotopic (exact) mass is 261 g/mol. The van der Waals surface area contributed by atoms with E-state index < -0.39 is 0 Å². The molecule has 4 heteroatoms. The van der Waals surface area contributed by atoms with E-state index in [1.165, 1.54) is 5.56 Å². The first-order chi connectivity index (χ1) is 9.28. The topological polar surface area (TPSA) is 58.6 Å². The Morgan fingerprint density at radius 1 is 1.32 bits per heavy atom. The number of benzene rings is 1. The molecule has 3 rings (SSSR count). The van der Waals surface area contributed by atoms with Gasteiger partial charge in [-0.3, -0.25) is 4.79 Å². The minimum atomic E-state index is -0.0416. The average Bonchev–Trinajstić information content (AvgIpc) is 3.05. The molecule has 0 radical (unpaired) electrons. The van der Waals surface area contributed by atoms with Crippen LogP contribution in [0.5, 0.6) is 0 Å². The van der Waals surface area contributed by atoms with E-state index in [9.17, 15) is 9.90 Å². The van der Waals surface area contributed by atoms with Crippen molar-refractivity contribution in [3.63, 3.8) is 0 Å². The number of hydrogen-bond acceptors (Lipinski definition) is 3. The molecule has 2 atom stereocenters. The number of rotatable bonds is 3. The van der Waals surface area contributed by atoms with Crippen molar-refractivity contribution in [2.24, 2.45) is 5.92 Å². The van der Waals surface area contributed by atoms with Gasteiger partial charge in [0.2, 0.25) is 0 Å². The summed E-state index contributed by atoms with van der Waals surface area (Å²) in [6.45, 7) is 1.40. The molecule has 1 amide bonds. The van der Waals surface area contributed by atoms with Gasteiger partial charge in [0, 0.05) is 24.1 Å². The number of nitrogens with one attached hydrogen (secondary N) is 1. The van der Waals surface area contributed by atoms with Crippen molar-refractivity contribution in [2.75, 3.05) is 6.61 Å². The number of ether oxygens (including phenoxy) is 1. The summed E-state index contributed by atoms with van der Waals surface area (Å²) >= 11 is 0. The molecule has 1 aliphatic heterocycles. The first-order valence-corrected chi connectivity index (χ1v) is 6.89. The maximum atomic E-state index is 12.2. The molecule has 1 aromatic rings. The fourth-order valence-corrected chi connectivity index (χ4v) is 3.01. The van der Waals surface area contributed by atoms with Crippen LogP contribution in [0.2, 0.25) is 0 Å². The molecule has 1 saturated carbocycles. The minimum absolute atomic E-state index is 0.0416. The van der Waals surface area contributed by atoms with Gasteiger partial charge >= 0.3 is 0 Å². The first kappa shape index (κ1) is 12.6. The van der Waals surface area contributed by atoms with Crippen molar-refractivity contribution >= 4 is 5.91 Å². The number of aliphatic hydroxyl groups excluding tert-OH is 1. The van der Waals surface area contributed by atoms with Gasteiger partial charge in [-0.2, -0.15) is 0 Å². The van der Waals surface area contributed by atoms with Crippen molar-refractivity contribution < 1.29 is 14.6 Å². The molecule has 1 aliphatic carbocycles. The highest BCUT2D eigenvalue weighted by atomic mass is 16.5. The molecule has 2 N–H and O–H groups in total. The van der Waals surface area contributed by atoms with E-state index in [-0.39, 0.29) is 24.5 Å². The molecular weight excluding hydrogens is 242 g/mol. The van der Waals surface area contributed by atoms with Gasteiger partial charge in [0.05, 0.1) is 13.2 Å². The van der Waals surface area contributed by atoms with Crippen LogP contribution in [-0.4, -0.2) is 23.7 Å². The molecular formula is C15H19NO3. The Hall–Kier alpha value is -1.39. The normalized spacial score (nSPS) is 25.3. The van der Waals surface area contributed by atoms with Crippen LogP contribution in [0.3, 0.4) is 0 Å². The van der Waals surface area contributed by atoms with Gasteiger partial charge in [-0.1, -0.05) is 12.5 Å². The van der Waals surface area contributed by atoms with Gasteiger partial charge in [-0.25, -0.2) is 0 Å². The fraction of sp³-hybridized carbons (Fsp3) is 0.533. The number of aliphatic hydroxyl groups is 1. The quantitative estimate of drug-likeness (QED) is 0.869. The van der Waals surface area contributed by atoms with E-state index in [1.807, 2.05) is 18.2 Å². The van der Waals surface area contributed by atoms with E-state index in [1.54, 1.807) is 0 Å². The van der Waals surface area contributed by atoms with Crippen LogP contribution in [0.15, 0.2) is 18.2 Å². The van der Waals surface area contributed by atoms with Crippen molar-refractivity contribution in [1.29, 1.82) is 0 Å². The van der Waals surface area contributed by atoms with E-state index >= 15 is 0 Å². The van der Waals surface area contributed by atoms with Gasteiger partial charge in [-0.05, 0) is 36.1 Å². The Balaban J connectivity index is 1.70. The molecule has 102 valence electrons. The Kier molecular flexibility index (Phi) is 3.53. The fourth-order valence-electron chi connectivity index (χ4n) is 3.01. The molecule has 2 aliphatic rings. The highest BCUT2D eigenvalue weighted by molar-refractivity contribution is 5.94. The zero-order chi connectivity index (χ0) is 13.2. The molecule has 19 heavy (non-hydrogen) atoms. The second-order valence-electron chi connectivity index (χ2n) is 5.43. The first-order valence-electron chi connectivity index (χ1n) is 6.89. The maximum Gasteiger partial charge on any atom is 0.251 e. The van der Waals surface area contributed by atoms with E-state index in [2.05, 4.69) is 5.32 Å². The molecule has 1 heterocycles. The highest BCUT2D eigenvalue weighted by Crippen LogP contribution is 2.26. The zero-order valence-electron chi connectivity index (χ0n) is 10.9. The van der Waals surface area contributed by atoms with Crippen LogP contribution in [0.4, 0.5) is 0 Å². The highest BCUT2D eigenvalue weighted by Gasteiger charge is 2.28. The summed E-state index contributed by atoms with van der Waals surface area (Å²) in [5.41, 5.74) is 2.97. The Labute approximate surface area is 112 Å². The average molecular weight is 261 g/mol. The Morgan fingerprint density at radius 3 is 3.00 bits per heavy atom. The van der Waals surface area contributed by atoms with Gasteiger partial charge in [-0.15, -0.1) is 0 Å². The SMILES string of the molecule is O=C(NC1CCCC1CO)c1ccc2c(c1)COC2. The lowest BCUT2D eigenvalue weighted by Crippen LogP contribution is -2.38. The lowest BCUT2D eigenvalue weighted by atomic mass is 10.0. The number of fused-ring (bicyclic) bond motifs is 1. The summed E-state index contributed by atoms with van der Waals surface area (Å²) in [7, 11) is 0. The summed E-state index contributed by atoms with van der Waals surface area (Å²) < 4.78 is 5.35. The summed E-state index contributed by atoms with van der Waals surface area (Å²) in [5, 5.41) is 12.3. The number of carbonyl (C=O) groups is 1. The molecule has 0 spiro atoms. The van der Waals surface area contributed by atoms with Crippen molar-refractivity contribution in [1.82, 2.24) is 5.32 Å². The van der Waals surface area contributed by atoms with E-state index in [0.717, 1.165) is 24.8 Å². The van der Waals surface area contributed by atoms with Crippen LogP contribution in [0, 0.1) is 5.92 Å². The number of amides is 1. The van der Waals surface area contributed by atoms with E-state index in [0.29, 0.717) is 18.8 Å². The molecule has 1 fully saturated rings. The third kappa shape index (κ3) is 2.51. The summed E-state index contributed by atoms with van der Waals surface area (Å²) in [5.74, 6) is 0.168. The standard InChI is InChI=1S/C15H19NO3/c17-7-11-2-1-3-14(11)16-15(18)10-4-5-12-8-19-9-13(12)6-10/h4-6,11,14,17H,1-3,7-9H2,(H,16,18). The van der Waals surface area contributed by atoms with Crippen molar-refractivity contribution in [2.45, 2.75) is 38.5 Å². The third-order valence-corrected chi connectivity index (χ3v) is 4.19. The lowest BCUT2D eigenvalue weighted by Gasteiger charge is -2.19. The Morgan fingerprint density at radius 2 is 2.16 bits per heavy atom. The zero-order valence-corrected chi connectivity index (χ0v) is 10.9. The van der Waals surface area contributed by atoms with Gasteiger partial charge in [0.1, 0.15) is 0 Å². The molecule has 2 unspecified atom stereocenters. The predicted molar refractivity (Wildman–Crippen MR) is 70.6 cm³/mol. The van der Waals surface area contributed by atoms with Crippen LogP contribution < -0.4 is 5.32 Å². The molecule has 4 nitrogen and oxygen atoms in total. The molecule has 0 aromatic heterocycles. The third-order valence-electron chi connectivity index (χ3n) is 4.19. The summed E-state index contributed by atoms with van der Waals surface area (Å²) in [6.07, 6.45) is 3.04.